The lowest BCUT2D eigenvalue weighted by molar-refractivity contribution is -0.126. The second-order valence-corrected chi connectivity index (χ2v) is 7.66. The molecule has 2 aromatic rings. The Balaban J connectivity index is 1.46. The van der Waals surface area contributed by atoms with Crippen molar-refractivity contribution in [2.75, 3.05) is 31.6 Å². The van der Waals surface area contributed by atoms with Crippen molar-refractivity contribution in [3.8, 4) is 0 Å². The highest BCUT2D eigenvalue weighted by atomic mass is 32.1. The molecule has 1 amide bonds. The van der Waals surface area contributed by atoms with E-state index in [1.807, 2.05) is 31.3 Å². The highest BCUT2D eigenvalue weighted by molar-refractivity contribution is 7.22. The lowest BCUT2D eigenvalue weighted by Crippen LogP contribution is -2.55. The van der Waals surface area contributed by atoms with E-state index < -0.39 is 0 Å². The van der Waals surface area contributed by atoms with Crippen molar-refractivity contribution in [3.63, 3.8) is 0 Å². The maximum Gasteiger partial charge on any atom is 0.242 e. The fourth-order valence-electron chi connectivity index (χ4n) is 3.76. The van der Waals surface area contributed by atoms with E-state index in [1.54, 1.807) is 16.2 Å². The van der Waals surface area contributed by atoms with Gasteiger partial charge < -0.3 is 4.74 Å². The number of hydrogen-bond acceptors (Lipinski definition) is 5. The average Bonchev–Trinajstić information content (AvgIpc) is 3.05. The fourth-order valence-corrected chi connectivity index (χ4v) is 4.71. The van der Waals surface area contributed by atoms with E-state index in [-0.39, 0.29) is 5.91 Å². The Morgan fingerprint density at radius 3 is 3.08 bits per heavy atom. The third-order valence-corrected chi connectivity index (χ3v) is 6.24. The summed E-state index contributed by atoms with van der Waals surface area (Å²) in [7, 11) is 1.83. The highest BCUT2D eigenvalue weighted by Gasteiger charge is 2.35. The number of likely N-dealkylation sites (N-methyl/N-ethyl adjacent to an activating group) is 1. The van der Waals surface area contributed by atoms with Crippen molar-refractivity contribution in [1.82, 2.24) is 9.88 Å². The van der Waals surface area contributed by atoms with Crippen molar-refractivity contribution in [2.24, 2.45) is 0 Å². The molecule has 1 aromatic heterocycles. The van der Waals surface area contributed by atoms with Gasteiger partial charge >= 0.3 is 0 Å². The first-order valence-corrected chi connectivity index (χ1v) is 9.52. The largest absolute Gasteiger partial charge is 0.375 e. The third kappa shape index (κ3) is 3.06. The van der Waals surface area contributed by atoms with Crippen molar-refractivity contribution in [1.29, 1.82) is 0 Å². The monoisotopic (exact) mass is 345 g/mol. The topological polar surface area (TPSA) is 45.7 Å². The Labute approximate surface area is 146 Å². The van der Waals surface area contributed by atoms with Crippen molar-refractivity contribution in [3.05, 3.63) is 24.3 Å². The number of hydrogen-bond donors (Lipinski definition) is 0. The molecular formula is C18H23N3O2S. The number of ether oxygens (including phenoxy) is 1. The second-order valence-electron chi connectivity index (χ2n) is 6.65. The lowest BCUT2D eigenvalue weighted by Gasteiger charge is -2.43. The van der Waals surface area contributed by atoms with Gasteiger partial charge in [-0.1, -0.05) is 36.3 Å². The zero-order valence-electron chi connectivity index (χ0n) is 14.0. The van der Waals surface area contributed by atoms with Crippen molar-refractivity contribution < 1.29 is 9.53 Å². The van der Waals surface area contributed by atoms with Crippen LogP contribution in [-0.2, 0) is 9.53 Å². The summed E-state index contributed by atoms with van der Waals surface area (Å²) in [4.78, 5) is 21.4. The Morgan fingerprint density at radius 2 is 2.21 bits per heavy atom. The quantitative estimate of drug-likeness (QED) is 0.858. The summed E-state index contributed by atoms with van der Waals surface area (Å²) in [6.45, 7) is 2.04. The first-order chi connectivity index (χ1) is 11.7. The zero-order chi connectivity index (χ0) is 16.5. The van der Waals surface area contributed by atoms with Crippen molar-refractivity contribution in [2.45, 2.75) is 37.8 Å². The highest BCUT2D eigenvalue weighted by Crippen LogP contribution is 2.30. The van der Waals surface area contributed by atoms with Crippen LogP contribution in [0.3, 0.4) is 0 Å². The summed E-state index contributed by atoms with van der Waals surface area (Å²) in [5, 5.41) is 0.773. The molecule has 0 spiro atoms. The Bertz CT molecular complexity index is 697. The van der Waals surface area contributed by atoms with Gasteiger partial charge in [0, 0.05) is 19.6 Å². The van der Waals surface area contributed by atoms with E-state index >= 15 is 0 Å². The van der Waals surface area contributed by atoms with Gasteiger partial charge in [0.05, 0.1) is 29.5 Å². The molecular weight excluding hydrogens is 322 g/mol. The van der Waals surface area contributed by atoms with Gasteiger partial charge in [0.25, 0.3) is 0 Å². The Kier molecular flexibility index (Phi) is 4.52. The molecule has 1 saturated heterocycles. The summed E-state index contributed by atoms with van der Waals surface area (Å²) in [6.07, 6.45) is 5.07. The molecule has 1 aromatic carbocycles. The van der Waals surface area contributed by atoms with Crippen LogP contribution < -0.4 is 4.90 Å². The number of thiazole rings is 1. The minimum Gasteiger partial charge on any atom is -0.375 e. The first-order valence-electron chi connectivity index (χ1n) is 8.70. The van der Waals surface area contributed by atoms with Crippen LogP contribution in [0.4, 0.5) is 5.13 Å². The first kappa shape index (κ1) is 16.0. The summed E-state index contributed by atoms with van der Waals surface area (Å²) < 4.78 is 7.02. The standard InChI is InChI=1S/C18H23N3O2S/c1-20(18-19-13-6-2-5-9-16(13)24-18)17(22)12-21-10-11-23-15-8-4-3-7-14(15)21/h2,5-6,9,14-15H,3-4,7-8,10-12H2,1H3/t14-,15+/m0/s1. The number of rotatable bonds is 3. The van der Waals surface area contributed by atoms with Gasteiger partial charge in [-0.2, -0.15) is 0 Å². The van der Waals surface area contributed by atoms with Gasteiger partial charge in [0.1, 0.15) is 0 Å². The number of nitrogens with zero attached hydrogens (tertiary/aromatic N) is 3. The SMILES string of the molecule is CN(C(=O)CN1CCO[C@@H]2CCCC[C@@H]21)c1nc2ccccc2s1. The number of morpholine rings is 1. The normalized spacial score (nSPS) is 24.7. The molecule has 128 valence electrons. The third-order valence-electron chi connectivity index (χ3n) is 5.13. The van der Waals surface area contributed by atoms with E-state index in [0.29, 0.717) is 18.7 Å². The van der Waals surface area contributed by atoms with E-state index in [2.05, 4.69) is 9.88 Å². The van der Waals surface area contributed by atoms with E-state index in [9.17, 15) is 4.79 Å². The van der Waals surface area contributed by atoms with Gasteiger partial charge in [-0.25, -0.2) is 4.98 Å². The minimum atomic E-state index is 0.111. The predicted octanol–water partition coefficient (Wildman–Crippen LogP) is 2.90. The summed E-state index contributed by atoms with van der Waals surface area (Å²) in [5.41, 5.74) is 0.955. The molecule has 2 aliphatic rings. The molecule has 0 N–H and O–H groups in total. The second kappa shape index (κ2) is 6.78. The number of benzene rings is 1. The summed E-state index contributed by atoms with van der Waals surface area (Å²) in [5.74, 6) is 0.111. The minimum absolute atomic E-state index is 0.111. The van der Waals surface area contributed by atoms with Crippen LogP contribution in [0.15, 0.2) is 24.3 Å². The van der Waals surface area contributed by atoms with Crippen molar-refractivity contribution >= 4 is 32.6 Å². The molecule has 2 atom stereocenters. The van der Waals surface area contributed by atoms with Gasteiger partial charge in [-0.05, 0) is 25.0 Å². The molecule has 0 unspecified atom stereocenters. The maximum absolute atomic E-state index is 12.8. The van der Waals surface area contributed by atoms with Crippen LogP contribution in [0.25, 0.3) is 10.2 Å². The van der Waals surface area contributed by atoms with Crippen LogP contribution >= 0.6 is 11.3 Å². The predicted molar refractivity (Wildman–Crippen MR) is 96.6 cm³/mol. The zero-order valence-corrected chi connectivity index (χ0v) is 14.8. The molecule has 1 saturated carbocycles. The van der Waals surface area contributed by atoms with Crippen LogP contribution in [0.2, 0.25) is 0 Å². The summed E-state index contributed by atoms with van der Waals surface area (Å²) in [6, 6.07) is 8.42. The van der Waals surface area contributed by atoms with Gasteiger partial charge in [-0.3, -0.25) is 14.6 Å². The molecule has 1 aliphatic heterocycles. The molecule has 5 nitrogen and oxygen atoms in total. The molecule has 0 radical (unpaired) electrons. The number of anilines is 1. The Hall–Kier alpha value is -1.50. The number of amides is 1. The Morgan fingerprint density at radius 1 is 1.38 bits per heavy atom. The molecule has 0 bridgehead atoms. The van der Waals surface area contributed by atoms with Crippen LogP contribution in [0, 0.1) is 0 Å². The average molecular weight is 345 g/mol. The molecule has 1 aliphatic carbocycles. The molecule has 24 heavy (non-hydrogen) atoms. The molecule has 4 rings (SSSR count). The van der Waals surface area contributed by atoms with Gasteiger partial charge in [0.2, 0.25) is 5.91 Å². The smallest absolute Gasteiger partial charge is 0.242 e. The number of carbonyl (C=O) groups is 1. The number of carbonyl (C=O) groups excluding carboxylic acids is 1. The fraction of sp³-hybridized carbons (Fsp3) is 0.556. The van der Waals surface area contributed by atoms with Crippen LogP contribution in [-0.4, -0.2) is 54.7 Å². The number of aromatic nitrogens is 1. The number of fused-ring (bicyclic) bond motifs is 2. The number of para-hydroxylation sites is 1. The van der Waals surface area contributed by atoms with Crippen LogP contribution in [0.1, 0.15) is 25.7 Å². The van der Waals surface area contributed by atoms with E-state index in [1.165, 1.54) is 12.8 Å². The van der Waals surface area contributed by atoms with Gasteiger partial charge in [-0.15, -0.1) is 0 Å². The summed E-state index contributed by atoms with van der Waals surface area (Å²) >= 11 is 1.57. The van der Waals surface area contributed by atoms with E-state index in [4.69, 9.17) is 4.74 Å². The maximum atomic E-state index is 12.8. The lowest BCUT2D eigenvalue weighted by atomic mass is 9.90. The molecule has 2 fully saturated rings. The molecule has 2 heterocycles. The molecule has 6 heteroatoms. The van der Waals surface area contributed by atoms with E-state index in [0.717, 1.165) is 41.3 Å². The van der Waals surface area contributed by atoms with Crippen LogP contribution in [0.5, 0.6) is 0 Å². The van der Waals surface area contributed by atoms with Gasteiger partial charge in [0.15, 0.2) is 5.13 Å².